The van der Waals surface area contributed by atoms with Gasteiger partial charge in [-0.2, -0.15) is 0 Å². The van der Waals surface area contributed by atoms with Crippen molar-refractivity contribution in [2.45, 2.75) is 33.4 Å². The molecule has 0 aromatic carbocycles. The van der Waals surface area contributed by atoms with Gasteiger partial charge in [0.05, 0.1) is 6.17 Å². The fourth-order valence-corrected chi connectivity index (χ4v) is 3.61. The van der Waals surface area contributed by atoms with E-state index in [0.717, 1.165) is 6.17 Å². The highest BCUT2D eigenvalue weighted by Crippen LogP contribution is 2.17. The molecular formula is C7H18N2Si. The van der Waals surface area contributed by atoms with Crippen LogP contribution in [0.25, 0.3) is 0 Å². The standard InChI is InChI=1S/C7H18N2Si/c1-4-7-8(5-2)10-9(7)6-3/h7H,4-6,10H2,1-3H3. The third-order valence-electron chi connectivity index (χ3n) is 2.38. The summed E-state index contributed by atoms with van der Waals surface area (Å²) < 4.78 is 5.28. The minimum atomic E-state index is 0.0411. The molecule has 2 nitrogen and oxygen atoms in total. The van der Waals surface area contributed by atoms with E-state index < -0.39 is 0 Å². The van der Waals surface area contributed by atoms with Gasteiger partial charge in [-0.25, -0.2) is 0 Å². The summed E-state index contributed by atoms with van der Waals surface area (Å²) in [4.78, 5) is 0. The van der Waals surface area contributed by atoms with Gasteiger partial charge in [-0.05, 0) is 19.5 Å². The van der Waals surface area contributed by atoms with Gasteiger partial charge in [-0.3, -0.25) is 0 Å². The minimum Gasteiger partial charge on any atom is -0.302 e. The lowest BCUT2D eigenvalue weighted by Gasteiger charge is -2.50. The molecule has 0 saturated carbocycles. The minimum absolute atomic E-state index is 0.0411. The average Bonchev–Trinajstić information content (AvgIpc) is 1.89. The molecule has 10 heavy (non-hydrogen) atoms. The normalized spacial score (nSPS) is 30.9. The Balaban J connectivity index is 2.30. The Morgan fingerprint density at radius 3 is 1.90 bits per heavy atom. The second-order valence-electron chi connectivity index (χ2n) is 2.84. The Kier molecular flexibility index (Phi) is 2.89. The summed E-state index contributed by atoms with van der Waals surface area (Å²) >= 11 is 0. The first kappa shape index (κ1) is 8.24. The van der Waals surface area contributed by atoms with Crippen molar-refractivity contribution >= 4 is 9.84 Å². The van der Waals surface area contributed by atoms with Gasteiger partial charge in [0.2, 0.25) is 0 Å². The highest BCUT2D eigenvalue weighted by molar-refractivity contribution is 6.32. The quantitative estimate of drug-likeness (QED) is 0.548. The smallest absolute Gasteiger partial charge is 0.175 e. The largest absolute Gasteiger partial charge is 0.302 e. The maximum Gasteiger partial charge on any atom is 0.175 e. The molecule has 0 radical (unpaired) electrons. The van der Waals surface area contributed by atoms with Crippen LogP contribution >= 0.6 is 0 Å². The van der Waals surface area contributed by atoms with Crippen molar-refractivity contribution < 1.29 is 0 Å². The van der Waals surface area contributed by atoms with Gasteiger partial charge in [0.25, 0.3) is 0 Å². The Morgan fingerprint density at radius 1 is 1.10 bits per heavy atom. The summed E-state index contributed by atoms with van der Waals surface area (Å²) in [6, 6.07) is 0. The Bertz CT molecular complexity index is 97.8. The molecule has 0 aromatic heterocycles. The zero-order valence-electron chi connectivity index (χ0n) is 7.30. The van der Waals surface area contributed by atoms with Crippen LogP contribution in [-0.2, 0) is 0 Å². The van der Waals surface area contributed by atoms with Crippen molar-refractivity contribution in [1.29, 1.82) is 0 Å². The molecule has 1 rings (SSSR count). The van der Waals surface area contributed by atoms with Gasteiger partial charge in [0.15, 0.2) is 9.84 Å². The van der Waals surface area contributed by atoms with Crippen molar-refractivity contribution in [2.24, 2.45) is 0 Å². The third-order valence-corrected chi connectivity index (χ3v) is 4.85. The van der Waals surface area contributed by atoms with Crippen LogP contribution in [0.15, 0.2) is 0 Å². The molecular weight excluding hydrogens is 140 g/mol. The van der Waals surface area contributed by atoms with E-state index in [2.05, 4.69) is 29.9 Å². The van der Waals surface area contributed by atoms with E-state index in [9.17, 15) is 0 Å². The van der Waals surface area contributed by atoms with Crippen molar-refractivity contribution in [3.8, 4) is 0 Å². The zero-order valence-corrected chi connectivity index (χ0v) is 8.71. The zero-order chi connectivity index (χ0) is 7.56. The molecule has 0 unspecified atom stereocenters. The first-order chi connectivity index (χ1) is 4.83. The SMILES string of the molecule is CCC1N(CC)[SiH2]N1CC. The van der Waals surface area contributed by atoms with Gasteiger partial charge in [-0.15, -0.1) is 0 Å². The van der Waals surface area contributed by atoms with Crippen LogP contribution in [0, 0.1) is 0 Å². The summed E-state index contributed by atoms with van der Waals surface area (Å²) in [5.41, 5.74) is 0. The maximum absolute atomic E-state index is 2.64. The molecule has 1 saturated heterocycles. The summed E-state index contributed by atoms with van der Waals surface area (Å²) in [6.45, 7) is 9.34. The van der Waals surface area contributed by atoms with E-state index in [-0.39, 0.29) is 9.84 Å². The molecule has 0 N–H and O–H groups in total. The summed E-state index contributed by atoms with van der Waals surface area (Å²) in [7, 11) is 0.0411. The predicted molar refractivity (Wildman–Crippen MR) is 47.4 cm³/mol. The summed E-state index contributed by atoms with van der Waals surface area (Å²) in [6.07, 6.45) is 2.11. The molecule has 3 heteroatoms. The van der Waals surface area contributed by atoms with Crippen LogP contribution in [0.5, 0.6) is 0 Å². The van der Waals surface area contributed by atoms with Gasteiger partial charge in [0.1, 0.15) is 0 Å². The summed E-state index contributed by atoms with van der Waals surface area (Å²) in [5.74, 6) is 0. The number of hydrogen-bond donors (Lipinski definition) is 0. The molecule has 1 aliphatic rings. The van der Waals surface area contributed by atoms with Crippen LogP contribution in [-0.4, -0.2) is 38.2 Å². The lowest BCUT2D eigenvalue weighted by molar-refractivity contribution is 0.100. The second-order valence-corrected chi connectivity index (χ2v) is 4.75. The third kappa shape index (κ3) is 1.26. The molecule has 0 atom stereocenters. The number of hydrogen-bond acceptors (Lipinski definition) is 2. The van der Waals surface area contributed by atoms with Crippen molar-refractivity contribution in [2.75, 3.05) is 13.1 Å². The number of rotatable bonds is 3. The van der Waals surface area contributed by atoms with Crippen molar-refractivity contribution in [3.63, 3.8) is 0 Å². The molecule has 1 fully saturated rings. The molecule has 0 amide bonds. The van der Waals surface area contributed by atoms with E-state index in [1.165, 1.54) is 19.5 Å². The van der Waals surface area contributed by atoms with E-state index in [4.69, 9.17) is 0 Å². The van der Waals surface area contributed by atoms with Gasteiger partial charge < -0.3 is 9.13 Å². The van der Waals surface area contributed by atoms with Gasteiger partial charge >= 0.3 is 0 Å². The lowest BCUT2D eigenvalue weighted by Crippen LogP contribution is -2.65. The van der Waals surface area contributed by atoms with Crippen LogP contribution in [0.1, 0.15) is 27.2 Å². The lowest BCUT2D eigenvalue weighted by atomic mass is 10.3. The fraction of sp³-hybridized carbons (Fsp3) is 1.00. The van der Waals surface area contributed by atoms with Crippen molar-refractivity contribution in [1.82, 2.24) is 9.13 Å². The highest BCUT2D eigenvalue weighted by Gasteiger charge is 2.32. The van der Waals surface area contributed by atoms with E-state index in [1.807, 2.05) is 0 Å². The highest BCUT2D eigenvalue weighted by atomic mass is 28.2. The molecule has 1 aliphatic heterocycles. The second kappa shape index (κ2) is 3.51. The molecule has 0 aliphatic carbocycles. The molecule has 0 spiro atoms. The Labute approximate surface area is 66.2 Å². The summed E-state index contributed by atoms with van der Waals surface area (Å²) in [5, 5.41) is 0. The molecule has 1 heterocycles. The monoisotopic (exact) mass is 158 g/mol. The van der Waals surface area contributed by atoms with Crippen molar-refractivity contribution in [3.05, 3.63) is 0 Å². The molecule has 60 valence electrons. The predicted octanol–water partition coefficient (Wildman–Crippen LogP) is 0.379. The van der Waals surface area contributed by atoms with E-state index in [1.54, 1.807) is 0 Å². The number of nitrogens with zero attached hydrogens (tertiary/aromatic N) is 2. The van der Waals surface area contributed by atoms with Crippen LogP contribution in [0.4, 0.5) is 0 Å². The van der Waals surface area contributed by atoms with Crippen LogP contribution < -0.4 is 0 Å². The topological polar surface area (TPSA) is 6.48 Å². The molecule has 0 bridgehead atoms. The Hall–Kier alpha value is 0.137. The van der Waals surface area contributed by atoms with Gasteiger partial charge in [-0.1, -0.05) is 20.8 Å². The van der Waals surface area contributed by atoms with Crippen LogP contribution in [0.2, 0.25) is 0 Å². The average molecular weight is 158 g/mol. The first-order valence-corrected chi connectivity index (χ1v) is 5.58. The van der Waals surface area contributed by atoms with E-state index in [0.29, 0.717) is 0 Å². The fourth-order valence-electron chi connectivity index (χ4n) is 1.69. The van der Waals surface area contributed by atoms with Crippen LogP contribution in [0.3, 0.4) is 0 Å². The maximum atomic E-state index is 2.64. The van der Waals surface area contributed by atoms with E-state index >= 15 is 0 Å². The van der Waals surface area contributed by atoms with Gasteiger partial charge in [0, 0.05) is 0 Å². The molecule has 0 aromatic rings. The Morgan fingerprint density at radius 2 is 1.60 bits per heavy atom. The first-order valence-electron chi connectivity index (χ1n) is 4.31.